The number of benzene rings is 2. The Hall–Kier alpha value is -3.69. The van der Waals surface area contributed by atoms with Crippen LogP contribution in [-0.2, 0) is 18.9 Å². The lowest BCUT2D eigenvalue weighted by Crippen LogP contribution is -2.32. The molecule has 0 N–H and O–H groups in total. The van der Waals surface area contributed by atoms with Crippen LogP contribution in [0.4, 0.5) is 4.79 Å². The van der Waals surface area contributed by atoms with Crippen LogP contribution < -0.4 is 9.47 Å². The van der Waals surface area contributed by atoms with E-state index in [-0.39, 0.29) is 35.9 Å². The SMILES string of the molecule is C=CCCCCOC(=O)Oc1ccc(C(=O)Oc2ccc(C(=O)OC3CO[C@@H]4CCO[C@H]34)cc2)cc1. The molecule has 190 valence electrons. The van der Waals surface area contributed by atoms with Crippen LogP contribution in [0.1, 0.15) is 46.4 Å². The zero-order valence-electron chi connectivity index (χ0n) is 19.8. The number of carbonyl (C=O) groups is 3. The van der Waals surface area contributed by atoms with Crippen LogP contribution in [-0.4, -0.2) is 56.2 Å². The van der Waals surface area contributed by atoms with Gasteiger partial charge in [0.1, 0.15) is 17.6 Å². The maximum absolute atomic E-state index is 12.5. The fraction of sp³-hybridized carbons (Fsp3) is 0.370. The van der Waals surface area contributed by atoms with E-state index in [9.17, 15) is 14.4 Å². The second-order valence-electron chi connectivity index (χ2n) is 8.36. The Kier molecular flexibility index (Phi) is 8.70. The molecular formula is C27H28O9. The molecule has 4 rings (SSSR count). The number of unbranched alkanes of at least 4 members (excludes halogenated alkanes) is 2. The van der Waals surface area contributed by atoms with Crippen molar-refractivity contribution in [2.75, 3.05) is 19.8 Å². The third kappa shape index (κ3) is 6.71. The number of allylic oxidation sites excluding steroid dienone is 1. The molecule has 2 aromatic rings. The van der Waals surface area contributed by atoms with Crippen LogP contribution in [0.25, 0.3) is 0 Å². The molecule has 1 unspecified atom stereocenters. The number of hydrogen-bond acceptors (Lipinski definition) is 9. The first kappa shape index (κ1) is 25.4. The van der Waals surface area contributed by atoms with Crippen LogP contribution in [0.5, 0.6) is 11.5 Å². The van der Waals surface area contributed by atoms with Gasteiger partial charge in [-0.15, -0.1) is 6.58 Å². The number of carbonyl (C=O) groups excluding carboxylic acids is 3. The fourth-order valence-electron chi connectivity index (χ4n) is 3.89. The predicted octanol–water partition coefficient (Wildman–Crippen LogP) is 4.49. The van der Waals surface area contributed by atoms with Crippen molar-refractivity contribution >= 4 is 18.1 Å². The minimum absolute atomic E-state index is 0.0172. The van der Waals surface area contributed by atoms with Gasteiger partial charge in [-0.2, -0.15) is 0 Å². The zero-order valence-corrected chi connectivity index (χ0v) is 19.8. The molecule has 0 aromatic heterocycles. The summed E-state index contributed by atoms with van der Waals surface area (Å²) in [6.07, 6.45) is 3.60. The summed E-state index contributed by atoms with van der Waals surface area (Å²) in [5.41, 5.74) is 0.585. The topological polar surface area (TPSA) is 107 Å². The molecule has 2 aliphatic heterocycles. The van der Waals surface area contributed by atoms with E-state index in [0.717, 1.165) is 25.7 Å². The summed E-state index contributed by atoms with van der Waals surface area (Å²) in [6, 6.07) is 12.0. The molecule has 36 heavy (non-hydrogen) atoms. The van der Waals surface area contributed by atoms with Crippen molar-refractivity contribution in [1.29, 1.82) is 0 Å². The smallest absolute Gasteiger partial charge is 0.453 e. The average molecular weight is 497 g/mol. The summed E-state index contributed by atoms with van der Waals surface area (Å²) in [5, 5.41) is 0. The molecule has 0 radical (unpaired) electrons. The molecular weight excluding hydrogens is 468 g/mol. The van der Waals surface area contributed by atoms with Gasteiger partial charge >= 0.3 is 18.1 Å². The number of fused-ring (bicyclic) bond motifs is 1. The standard InChI is InChI=1S/C27H28O9/c1-2-3-4-5-15-32-27(30)35-21-12-8-18(9-13-21)25(28)34-20-10-6-19(7-11-20)26(29)36-23-17-33-22-14-16-31-24(22)23/h2,6-13,22-24H,1,3-5,14-17H2/t22-,23?,24+/m1/s1. The van der Waals surface area contributed by atoms with Crippen LogP contribution in [0.15, 0.2) is 61.2 Å². The van der Waals surface area contributed by atoms with Crippen LogP contribution in [0.3, 0.4) is 0 Å². The molecule has 0 bridgehead atoms. The number of esters is 2. The maximum Gasteiger partial charge on any atom is 0.513 e. The van der Waals surface area contributed by atoms with E-state index in [1.54, 1.807) is 0 Å². The largest absolute Gasteiger partial charge is 0.513 e. The molecule has 2 heterocycles. The fourth-order valence-corrected chi connectivity index (χ4v) is 3.89. The molecule has 2 aliphatic rings. The van der Waals surface area contributed by atoms with E-state index in [2.05, 4.69) is 6.58 Å². The van der Waals surface area contributed by atoms with Crippen LogP contribution in [0.2, 0.25) is 0 Å². The minimum atomic E-state index is -0.807. The van der Waals surface area contributed by atoms with Crippen LogP contribution in [0, 0.1) is 0 Å². The molecule has 2 fully saturated rings. The first-order chi connectivity index (χ1) is 17.5. The summed E-state index contributed by atoms with van der Waals surface area (Å²) >= 11 is 0. The second kappa shape index (κ2) is 12.3. The summed E-state index contributed by atoms with van der Waals surface area (Å²) in [4.78, 5) is 36.6. The van der Waals surface area contributed by atoms with Crippen molar-refractivity contribution in [3.63, 3.8) is 0 Å². The van der Waals surface area contributed by atoms with Gasteiger partial charge in [-0.25, -0.2) is 14.4 Å². The van der Waals surface area contributed by atoms with E-state index in [0.29, 0.717) is 18.8 Å². The minimum Gasteiger partial charge on any atom is -0.453 e. The lowest BCUT2D eigenvalue weighted by atomic mass is 10.1. The number of rotatable bonds is 10. The quantitative estimate of drug-likeness (QED) is 0.155. The number of hydrogen-bond donors (Lipinski definition) is 0. The second-order valence-corrected chi connectivity index (χ2v) is 8.36. The van der Waals surface area contributed by atoms with Crippen molar-refractivity contribution in [2.45, 2.75) is 44.0 Å². The highest BCUT2D eigenvalue weighted by Gasteiger charge is 2.44. The normalized spacial score (nSPS) is 20.3. The summed E-state index contributed by atoms with van der Waals surface area (Å²) in [5.74, 6) is -0.592. The highest BCUT2D eigenvalue weighted by atomic mass is 16.7. The molecule has 0 aliphatic carbocycles. The maximum atomic E-state index is 12.5. The Labute approximate surface area is 208 Å². The highest BCUT2D eigenvalue weighted by Crippen LogP contribution is 2.29. The lowest BCUT2D eigenvalue weighted by Gasteiger charge is -2.16. The Morgan fingerprint density at radius 1 is 0.889 bits per heavy atom. The molecule has 0 spiro atoms. The molecule has 3 atom stereocenters. The van der Waals surface area contributed by atoms with E-state index in [4.69, 9.17) is 28.4 Å². The van der Waals surface area contributed by atoms with E-state index >= 15 is 0 Å². The van der Waals surface area contributed by atoms with Crippen LogP contribution >= 0.6 is 0 Å². The summed E-state index contributed by atoms with van der Waals surface area (Å²) in [6.45, 7) is 4.82. The van der Waals surface area contributed by atoms with Gasteiger partial charge in [0.05, 0.1) is 30.4 Å². The summed E-state index contributed by atoms with van der Waals surface area (Å²) in [7, 11) is 0. The molecule has 2 aromatic carbocycles. The first-order valence-corrected chi connectivity index (χ1v) is 11.9. The Bertz CT molecular complexity index is 1060. The van der Waals surface area contributed by atoms with Gasteiger partial charge in [0.2, 0.25) is 0 Å². The highest BCUT2D eigenvalue weighted by molar-refractivity contribution is 5.92. The van der Waals surface area contributed by atoms with Gasteiger partial charge in [0, 0.05) is 6.61 Å². The van der Waals surface area contributed by atoms with Gasteiger partial charge < -0.3 is 28.4 Å². The van der Waals surface area contributed by atoms with Gasteiger partial charge in [-0.1, -0.05) is 6.08 Å². The molecule has 9 heteroatoms. The molecule has 9 nitrogen and oxygen atoms in total. The molecule has 0 amide bonds. The average Bonchev–Trinajstić information content (AvgIpc) is 3.50. The third-order valence-corrected chi connectivity index (χ3v) is 5.79. The number of ether oxygens (including phenoxy) is 6. The van der Waals surface area contributed by atoms with E-state index in [1.807, 2.05) is 6.08 Å². The van der Waals surface area contributed by atoms with Gasteiger partial charge in [-0.3, -0.25) is 0 Å². The van der Waals surface area contributed by atoms with Crippen molar-refractivity contribution in [2.24, 2.45) is 0 Å². The van der Waals surface area contributed by atoms with Gasteiger partial charge in [-0.05, 0) is 74.2 Å². The predicted molar refractivity (Wildman–Crippen MR) is 127 cm³/mol. The van der Waals surface area contributed by atoms with Gasteiger partial charge in [0.25, 0.3) is 0 Å². The Balaban J connectivity index is 1.23. The summed E-state index contributed by atoms with van der Waals surface area (Å²) < 4.78 is 32.2. The Morgan fingerprint density at radius 2 is 1.56 bits per heavy atom. The van der Waals surface area contributed by atoms with Crippen molar-refractivity contribution < 1.29 is 42.8 Å². The lowest BCUT2D eigenvalue weighted by molar-refractivity contribution is -0.0148. The zero-order chi connectivity index (χ0) is 25.3. The monoisotopic (exact) mass is 496 g/mol. The van der Waals surface area contributed by atoms with E-state index in [1.165, 1.54) is 48.5 Å². The third-order valence-electron chi connectivity index (χ3n) is 5.79. The molecule has 2 saturated heterocycles. The van der Waals surface area contributed by atoms with Crippen molar-refractivity contribution in [3.05, 3.63) is 72.3 Å². The van der Waals surface area contributed by atoms with Crippen molar-refractivity contribution in [1.82, 2.24) is 0 Å². The first-order valence-electron chi connectivity index (χ1n) is 11.9. The van der Waals surface area contributed by atoms with Crippen molar-refractivity contribution in [3.8, 4) is 11.5 Å². The Morgan fingerprint density at radius 3 is 2.25 bits per heavy atom. The molecule has 0 saturated carbocycles. The van der Waals surface area contributed by atoms with Gasteiger partial charge in [0.15, 0.2) is 6.10 Å². The van der Waals surface area contributed by atoms with E-state index < -0.39 is 24.2 Å².